The Bertz CT molecular complexity index is 1190. The summed E-state index contributed by atoms with van der Waals surface area (Å²) in [5, 5.41) is 10.5. The van der Waals surface area contributed by atoms with Gasteiger partial charge in [0.25, 0.3) is 5.56 Å². The van der Waals surface area contributed by atoms with Crippen LogP contribution in [0.4, 0.5) is 10.1 Å². The van der Waals surface area contributed by atoms with Crippen LogP contribution in [0.25, 0.3) is 5.69 Å². The lowest BCUT2D eigenvalue weighted by molar-refractivity contribution is 0.432. The number of halogens is 2. The van der Waals surface area contributed by atoms with Crippen LogP contribution >= 0.6 is 23.8 Å². The number of nitrogens with one attached hydrogen (secondary N) is 1. The maximum absolute atomic E-state index is 13.5. The highest BCUT2D eigenvalue weighted by Gasteiger charge is 2.14. The van der Waals surface area contributed by atoms with Crippen molar-refractivity contribution in [2.45, 2.75) is 26.2 Å². The molecule has 2 N–H and O–H groups in total. The minimum atomic E-state index is -0.603. The quantitative estimate of drug-likeness (QED) is 0.404. The molecule has 1 atom stereocenters. The molecule has 150 valence electrons. The maximum atomic E-state index is 13.5. The average Bonchev–Trinajstić information content (AvgIpc) is 2.70. The molecule has 2 aromatic carbocycles. The average molecular weight is 432 g/mol. The lowest BCUT2D eigenvalue weighted by Crippen LogP contribution is -2.18. The number of aromatic hydroxyl groups is 1. The molecule has 0 amide bonds. The molecular weight excluding hydrogens is 413 g/mol. The normalized spacial score (nSPS) is 12.4. The molecular formula is C21H19ClFN3O2S. The Morgan fingerprint density at radius 1 is 1.31 bits per heavy atom. The first kappa shape index (κ1) is 21.0. The minimum absolute atomic E-state index is 0.0507. The van der Waals surface area contributed by atoms with Crippen molar-refractivity contribution >= 4 is 35.7 Å². The summed E-state index contributed by atoms with van der Waals surface area (Å²) >= 11 is 11.0. The zero-order chi connectivity index (χ0) is 21.1. The van der Waals surface area contributed by atoms with Gasteiger partial charge in [0, 0.05) is 6.21 Å². The maximum Gasteiger partial charge on any atom is 0.264 e. The molecule has 1 heterocycles. The van der Waals surface area contributed by atoms with Crippen molar-refractivity contribution in [3.05, 3.63) is 79.6 Å². The Kier molecular flexibility index (Phi) is 6.30. The molecule has 1 aromatic heterocycles. The number of aromatic nitrogens is 2. The zero-order valence-corrected chi connectivity index (χ0v) is 17.4. The molecule has 0 radical (unpaired) electrons. The van der Waals surface area contributed by atoms with Gasteiger partial charge in [-0.05, 0) is 60.5 Å². The third kappa shape index (κ3) is 4.46. The van der Waals surface area contributed by atoms with Crippen LogP contribution in [-0.4, -0.2) is 20.9 Å². The fourth-order valence-electron chi connectivity index (χ4n) is 2.78. The van der Waals surface area contributed by atoms with E-state index in [2.05, 4.69) is 23.8 Å². The summed E-state index contributed by atoms with van der Waals surface area (Å²) in [6.07, 6.45) is 2.30. The van der Waals surface area contributed by atoms with E-state index < -0.39 is 17.3 Å². The van der Waals surface area contributed by atoms with Gasteiger partial charge in [-0.2, -0.15) is 0 Å². The van der Waals surface area contributed by atoms with Gasteiger partial charge in [-0.25, -0.2) is 4.39 Å². The van der Waals surface area contributed by atoms with Crippen LogP contribution in [0.3, 0.4) is 0 Å². The van der Waals surface area contributed by atoms with Gasteiger partial charge in [0.15, 0.2) is 4.77 Å². The Morgan fingerprint density at radius 2 is 2.00 bits per heavy atom. The van der Waals surface area contributed by atoms with Gasteiger partial charge in [-0.3, -0.25) is 19.3 Å². The highest BCUT2D eigenvalue weighted by atomic mass is 35.5. The Balaban J connectivity index is 2.02. The fourth-order valence-corrected chi connectivity index (χ4v) is 3.24. The number of aliphatic imine (C=N–C) groups is 1. The number of H-pyrrole nitrogens is 1. The van der Waals surface area contributed by atoms with Crippen LogP contribution in [0.5, 0.6) is 5.88 Å². The Morgan fingerprint density at radius 3 is 2.62 bits per heavy atom. The van der Waals surface area contributed by atoms with Crippen molar-refractivity contribution < 1.29 is 9.50 Å². The first-order valence-electron chi connectivity index (χ1n) is 8.99. The van der Waals surface area contributed by atoms with E-state index in [1.807, 2.05) is 24.3 Å². The predicted octanol–water partition coefficient (Wildman–Crippen LogP) is 5.66. The van der Waals surface area contributed by atoms with Crippen molar-refractivity contribution in [3.8, 4) is 11.6 Å². The summed E-state index contributed by atoms with van der Waals surface area (Å²) in [7, 11) is 0. The van der Waals surface area contributed by atoms with E-state index in [1.165, 1.54) is 28.5 Å². The Labute approximate surface area is 177 Å². The van der Waals surface area contributed by atoms with Crippen LogP contribution < -0.4 is 5.56 Å². The number of hydrogen-bond acceptors (Lipinski definition) is 4. The number of aromatic amines is 1. The van der Waals surface area contributed by atoms with Gasteiger partial charge >= 0.3 is 0 Å². The molecule has 0 saturated carbocycles. The van der Waals surface area contributed by atoms with Crippen molar-refractivity contribution in [3.63, 3.8) is 0 Å². The van der Waals surface area contributed by atoms with Crippen LogP contribution in [0, 0.1) is 10.6 Å². The molecule has 5 nitrogen and oxygen atoms in total. The van der Waals surface area contributed by atoms with Gasteiger partial charge in [0.1, 0.15) is 11.4 Å². The second kappa shape index (κ2) is 8.71. The first-order valence-corrected chi connectivity index (χ1v) is 9.78. The lowest BCUT2D eigenvalue weighted by Gasteiger charge is -2.11. The third-order valence-electron chi connectivity index (χ3n) is 4.70. The molecule has 0 unspecified atom stereocenters. The van der Waals surface area contributed by atoms with Crippen LogP contribution in [0.15, 0.2) is 52.3 Å². The van der Waals surface area contributed by atoms with Crippen LogP contribution in [-0.2, 0) is 0 Å². The van der Waals surface area contributed by atoms with Gasteiger partial charge < -0.3 is 5.11 Å². The summed E-state index contributed by atoms with van der Waals surface area (Å²) in [5.74, 6) is -0.573. The van der Waals surface area contributed by atoms with E-state index in [0.29, 0.717) is 17.3 Å². The molecule has 0 aliphatic rings. The van der Waals surface area contributed by atoms with E-state index in [-0.39, 0.29) is 15.4 Å². The largest absolute Gasteiger partial charge is 0.494 e. The molecule has 3 rings (SSSR count). The van der Waals surface area contributed by atoms with E-state index in [4.69, 9.17) is 23.8 Å². The highest BCUT2D eigenvalue weighted by Crippen LogP contribution is 2.25. The summed E-state index contributed by atoms with van der Waals surface area (Å²) in [6.45, 7) is 4.27. The molecule has 0 saturated heterocycles. The van der Waals surface area contributed by atoms with Gasteiger partial charge in [0.2, 0.25) is 5.88 Å². The third-order valence-corrected chi connectivity index (χ3v) is 5.27. The van der Waals surface area contributed by atoms with Crippen LogP contribution in [0.1, 0.15) is 37.3 Å². The van der Waals surface area contributed by atoms with Gasteiger partial charge in [0.05, 0.1) is 16.4 Å². The van der Waals surface area contributed by atoms with Crippen molar-refractivity contribution in [2.24, 2.45) is 4.99 Å². The smallest absolute Gasteiger partial charge is 0.264 e. The fraction of sp³-hybridized carbons (Fsp3) is 0.190. The topological polar surface area (TPSA) is 70.4 Å². The summed E-state index contributed by atoms with van der Waals surface area (Å²) in [4.78, 5) is 19.1. The second-order valence-corrected chi connectivity index (χ2v) is 7.38. The Hall–Kier alpha value is -2.77. The van der Waals surface area contributed by atoms with Crippen molar-refractivity contribution in [1.29, 1.82) is 0 Å². The molecule has 0 aliphatic heterocycles. The molecule has 29 heavy (non-hydrogen) atoms. The summed E-state index contributed by atoms with van der Waals surface area (Å²) in [5.41, 5.74) is 1.48. The molecule has 0 spiro atoms. The molecule has 0 bridgehead atoms. The molecule has 0 aliphatic carbocycles. The van der Waals surface area contributed by atoms with E-state index >= 15 is 0 Å². The van der Waals surface area contributed by atoms with E-state index in [1.54, 1.807) is 0 Å². The minimum Gasteiger partial charge on any atom is -0.494 e. The number of nitrogens with zero attached hydrogens (tertiary/aromatic N) is 2. The predicted molar refractivity (Wildman–Crippen MR) is 116 cm³/mol. The molecule has 8 heteroatoms. The molecule has 0 fully saturated rings. The standard InChI is InChI=1S/C21H19ClFN3O2S/c1-3-12(2)13-4-6-14(7-5-13)24-11-16-19(27)25-21(29)26(20(16)28)15-8-9-18(23)17(22)10-15/h4-12,28H,3H2,1-2H3,(H,25,27,29)/t12-/m1/s1. The lowest BCUT2D eigenvalue weighted by atomic mass is 9.99. The highest BCUT2D eigenvalue weighted by molar-refractivity contribution is 7.71. The van der Waals surface area contributed by atoms with Crippen molar-refractivity contribution in [2.75, 3.05) is 0 Å². The van der Waals surface area contributed by atoms with E-state index in [0.717, 1.165) is 12.5 Å². The monoisotopic (exact) mass is 431 g/mol. The van der Waals surface area contributed by atoms with Crippen molar-refractivity contribution in [1.82, 2.24) is 9.55 Å². The van der Waals surface area contributed by atoms with E-state index in [9.17, 15) is 14.3 Å². The van der Waals surface area contributed by atoms with Gasteiger partial charge in [-0.15, -0.1) is 0 Å². The zero-order valence-electron chi connectivity index (χ0n) is 15.8. The number of rotatable bonds is 5. The SMILES string of the molecule is CC[C@@H](C)c1ccc(N=Cc2c(O)n(-c3ccc(F)c(Cl)c3)c(=S)[nH]c2=O)cc1. The number of hydrogen-bond donors (Lipinski definition) is 2. The first-order chi connectivity index (χ1) is 13.8. The van der Waals surface area contributed by atoms with Crippen LogP contribution in [0.2, 0.25) is 5.02 Å². The summed E-state index contributed by atoms with van der Waals surface area (Å²) in [6, 6.07) is 11.5. The summed E-state index contributed by atoms with van der Waals surface area (Å²) < 4.78 is 14.6. The van der Waals surface area contributed by atoms with Gasteiger partial charge in [-0.1, -0.05) is 37.6 Å². The molecule has 3 aromatic rings. The number of benzene rings is 2. The second-order valence-electron chi connectivity index (χ2n) is 6.59.